The Morgan fingerprint density at radius 2 is 1.77 bits per heavy atom. The minimum atomic E-state index is -0.155. The second kappa shape index (κ2) is 8.75. The minimum absolute atomic E-state index is 0.0950. The fraction of sp³-hybridized carbons (Fsp3) is 0.750. The number of hydrogen-bond acceptors (Lipinski definition) is 4. The summed E-state index contributed by atoms with van der Waals surface area (Å²) in [4.78, 5) is 50.1. The highest BCUT2D eigenvalue weighted by Crippen LogP contribution is 2.34. The third-order valence-corrected chi connectivity index (χ3v) is 7.71. The molecule has 1 atom stereocenters. The average Bonchev–Trinajstić information content (AvgIpc) is 3.51. The van der Waals surface area contributed by atoms with E-state index in [1.54, 1.807) is 0 Å². The molecule has 1 N–H and O–H groups in total. The summed E-state index contributed by atoms with van der Waals surface area (Å²) < 4.78 is 0. The van der Waals surface area contributed by atoms with Crippen LogP contribution in [0.4, 0.5) is 0 Å². The number of likely N-dealkylation sites (tertiary alicyclic amines) is 1. The first-order chi connectivity index (χ1) is 15.1. The van der Waals surface area contributed by atoms with E-state index in [1.165, 1.54) is 25.7 Å². The molecule has 2 aliphatic carbocycles. The van der Waals surface area contributed by atoms with Crippen molar-refractivity contribution in [3.05, 3.63) is 27.4 Å². The molecule has 0 unspecified atom stereocenters. The first-order valence-electron chi connectivity index (χ1n) is 12.3. The van der Waals surface area contributed by atoms with Crippen molar-refractivity contribution in [1.82, 2.24) is 19.8 Å². The van der Waals surface area contributed by atoms with Gasteiger partial charge in [-0.15, -0.1) is 0 Å². The summed E-state index contributed by atoms with van der Waals surface area (Å²) in [6, 6.07) is -0.155. The van der Waals surface area contributed by atoms with Crippen LogP contribution >= 0.6 is 0 Å². The van der Waals surface area contributed by atoms with Gasteiger partial charge in [-0.25, -0.2) is 4.98 Å². The molecule has 1 aromatic heterocycles. The molecule has 0 radical (unpaired) electrons. The summed E-state index contributed by atoms with van der Waals surface area (Å²) in [5.41, 5.74) is 1.34. The van der Waals surface area contributed by atoms with Crippen molar-refractivity contribution in [3.8, 4) is 0 Å². The van der Waals surface area contributed by atoms with Crippen LogP contribution in [-0.4, -0.2) is 44.7 Å². The SMILES string of the molecule is O=C(C1CC1)N1CCc2c(nc([C@@H]3CCCCN3C(=O)CCC3CCCC3)[nH]c2=O)C1. The van der Waals surface area contributed by atoms with E-state index in [0.29, 0.717) is 43.2 Å². The predicted octanol–water partition coefficient (Wildman–Crippen LogP) is 3.09. The van der Waals surface area contributed by atoms with Crippen molar-refractivity contribution in [3.63, 3.8) is 0 Å². The molecule has 1 aromatic rings. The number of carbonyl (C=O) groups is 2. The second-order valence-corrected chi connectivity index (χ2v) is 9.95. The number of piperidine rings is 1. The summed E-state index contributed by atoms with van der Waals surface area (Å²) >= 11 is 0. The number of aromatic amines is 1. The van der Waals surface area contributed by atoms with Gasteiger partial charge in [-0.2, -0.15) is 0 Å². The van der Waals surface area contributed by atoms with Gasteiger partial charge in [-0.05, 0) is 50.9 Å². The van der Waals surface area contributed by atoms with E-state index in [2.05, 4.69) is 4.98 Å². The van der Waals surface area contributed by atoms with Crippen LogP contribution in [0.25, 0.3) is 0 Å². The molecular formula is C24H34N4O3. The smallest absolute Gasteiger partial charge is 0.254 e. The van der Waals surface area contributed by atoms with Crippen molar-refractivity contribution in [2.24, 2.45) is 11.8 Å². The largest absolute Gasteiger partial charge is 0.336 e. The van der Waals surface area contributed by atoms with Gasteiger partial charge >= 0.3 is 0 Å². The topological polar surface area (TPSA) is 86.4 Å². The Kier molecular flexibility index (Phi) is 5.85. The highest BCUT2D eigenvalue weighted by atomic mass is 16.2. The van der Waals surface area contributed by atoms with Gasteiger partial charge in [0.25, 0.3) is 5.56 Å². The summed E-state index contributed by atoms with van der Waals surface area (Å²) in [6.07, 6.45) is 12.1. The van der Waals surface area contributed by atoms with E-state index in [-0.39, 0.29) is 29.3 Å². The third kappa shape index (κ3) is 4.41. The highest BCUT2D eigenvalue weighted by molar-refractivity contribution is 5.81. The van der Waals surface area contributed by atoms with E-state index in [0.717, 1.165) is 50.8 Å². The van der Waals surface area contributed by atoms with Gasteiger partial charge < -0.3 is 14.8 Å². The molecule has 168 valence electrons. The van der Waals surface area contributed by atoms with E-state index in [4.69, 9.17) is 4.98 Å². The van der Waals surface area contributed by atoms with Crippen LogP contribution in [0.1, 0.15) is 93.8 Å². The van der Waals surface area contributed by atoms with Crippen LogP contribution < -0.4 is 5.56 Å². The summed E-state index contributed by atoms with van der Waals surface area (Å²) in [7, 11) is 0. The molecule has 0 bridgehead atoms. The summed E-state index contributed by atoms with van der Waals surface area (Å²) in [5, 5.41) is 0. The lowest BCUT2D eigenvalue weighted by Gasteiger charge is -2.36. The van der Waals surface area contributed by atoms with E-state index < -0.39 is 0 Å². The average molecular weight is 427 g/mol. The molecule has 2 saturated carbocycles. The van der Waals surface area contributed by atoms with E-state index in [1.807, 2.05) is 9.80 Å². The normalized spacial score (nSPS) is 24.3. The van der Waals surface area contributed by atoms with Gasteiger partial charge in [0.1, 0.15) is 5.82 Å². The number of nitrogens with zero attached hydrogens (tertiary/aromatic N) is 3. The van der Waals surface area contributed by atoms with Gasteiger partial charge in [-0.3, -0.25) is 14.4 Å². The number of rotatable bonds is 5. The highest BCUT2D eigenvalue weighted by Gasteiger charge is 2.36. The lowest BCUT2D eigenvalue weighted by Crippen LogP contribution is -2.42. The Balaban J connectivity index is 1.33. The third-order valence-electron chi connectivity index (χ3n) is 7.71. The van der Waals surface area contributed by atoms with Gasteiger partial charge in [0, 0.05) is 31.0 Å². The Morgan fingerprint density at radius 1 is 1.00 bits per heavy atom. The molecule has 31 heavy (non-hydrogen) atoms. The zero-order chi connectivity index (χ0) is 21.4. The lowest BCUT2D eigenvalue weighted by atomic mass is 9.97. The van der Waals surface area contributed by atoms with Crippen molar-refractivity contribution < 1.29 is 9.59 Å². The minimum Gasteiger partial charge on any atom is -0.336 e. The maximum Gasteiger partial charge on any atom is 0.254 e. The maximum absolute atomic E-state index is 13.1. The van der Waals surface area contributed by atoms with Gasteiger partial charge in [0.05, 0.1) is 18.3 Å². The van der Waals surface area contributed by atoms with E-state index >= 15 is 0 Å². The number of carbonyl (C=O) groups excluding carboxylic acids is 2. The maximum atomic E-state index is 13.1. The van der Waals surface area contributed by atoms with Crippen molar-refractivity contribution in [2.45, 2.75) is 89.6 Å². The van der Waals surface area contributed by atoms with Gasteiger partial charge in [-0.1, -0.05) is 25.7 Å². The molecule has 2 amide bonds. The molecule has 5 rings (SSSR count). The number of fused-ring (bicyclic) bond motifs is 1. The molecule has 7 nitrogen and oxygen atoms in total. The monoisotopic (exact) mass is 426 g/mol. The van der Waals surface area contributed by atoms with Crippen LogP contribution in [-0.2, 0) is 22.6 Å². The Hall–Kier alpha value is -2.18. The molecule has 0 spiro atoms. The van der Waals surface area contributed by atoms with Crippen molar-refractivity contribution in [2.75, 3.05) is 13.1 Å². The Labute approximate surface area is 183 Å². The summed E-state index contributed by atoms with van der Waals surface area (Å²) in [5.74, 6) is 1.88. The molecule has 1 saturated heterocycles. The predicted molar refractivity (Wildman–Crippen MR) is 116 cm³/mol. The fourth-order valence-corrected chi connectivity index (χ4v) is 5.68. The number of amides is 2. The van der Waals surface area contributed by atoms with Gasteiger partial charge in [0.15, 0.2) is 0 Å². The number of H-pyrrole nitrogens is 1. The fourth-order valence-electron chi connectivity index (χ4n) is 5.68. The summed E-state index contributed by atoms with van der Waals surface area (Å²) in [6.45, 7) is 1.76. The van der Waals surface area contributed by atoms with Gasteiger partial charge in [0.2, 0.25) is 11.8 Å². The standard InChI is InChI=1S/C24H34N4O3/c29-21(11-8-16-5-1-2-6-16)28-13-4-3-7-20(28)22-25-19-15-27(24(31)17-9-10-17)14-12-18(19)23(30)26-22/h16-17,20H,1-15H2,(H,25,26,30)/t20-/m0/s1. The first kappa shape index (κ1) is 20.7. The molecule has 4 aliphatic rings. The van der Waals surface area contributed by atoms with Crippen molar-refractivity contribution in [1.29, 1.82) is 0 Å². The molecule has 0 aromatic carbocycles. The second-order valence-electron chi connectivity index (χ2n) is 9.95. The molecular weight excluding hydrogens is 392 g/mol. The molecule has 7 heteroatoms. The quantitative estimate of drug-likeness (QED) is 0.784. The zero-order valence-electron chi connectivity index (χ0n) is 18.4. The number of hydrogen-bond donors (Lipinski definition) is 1. The lowest BCUT2D eigenvalue weighted by molar-refractivity contribution is -0.135. The Morgan fingerprint density at radius 3 is 2.55 bits per heavy atom. The molecule has 2 aliphatic heterocycles. The van der Waals surface area contributed by atoms with Crippen LogP contribution in [0.5, 0.6) is 0 Å². The first-order valence-corrected chi connectivity index (χ1v) is 12.3. The molecule has 3 heterocycles. The number of nitrogens with one attached hydrogen (secondary N) is 1. The van der Waals surface area contributed by atoms with Crippen LogP contribution in [0.3, 0.4) is 0 Å². The van der Waals surface area contributed by atoms with Crippen LogP contribution in [0.15, 0.2) is 4.79 Å². The molecule has 3 fully saturated rings. The van der Waals surface area contributed by atoms with Crippen LogP contribution in [0, 0.1) is 11.8 Å². The Bertz CT molecular complexity index is 901. The number of aromatic nitrogens is 2. The van der Waals surface area contributed by atoms with Crippen LogP contribution in [0.2, 0.25) is 0 Å². The van der Waals surface area contributed by atoms with E-state index in [9.17, 15) is 14.4 Å². The zero-order valence-corrected chi connectivity index (χ0v) is 18.4. The van der Waals surface area contributed by atoms with Crippen molar-refractivity contribution >= 4 is 11.8 Å².